The highest BCUT2D eigenvalue weighted by molar-refractivity contribution is 5.92. The Balaban J connectivity index is 2.19. The molecule has 1 fully saturated rings. The number of benzene rings is 1. The molecular weight excluding hydrogens is 288 g/mol. The summed E-state index contributed by atoms with van der Waals surface area (Å²) in [4.78, 5) is 12.0. The predicted molar refractivity (Wildman–Crippen MR) is 93.4 cm³/mol. The molecule has 0 unspecified atom stereocenters. The predicted octanol–water partition coefficient (Wildman–Crippen LogP) is 5.00. The normalized spacial score (nSPS) is 16.2. The molecule has 126 valence electrons. The fourth-order valence-electron chi connectivity index (χ4n) is 3.12. The molecule has 0 amide bonds. The minimum atomic E-state index is -0.237. The highest BCUT2D eigenvalue weighted by Crippen LogP contribution is 2.36. The van der Waals surface area contributed by atoms with Crippen molar-refractivity contribution >= 4 is 11.5 Å². The van der Waals surface area contributed by atoms with Crippen molar-refractivity contribution in [2.24, 2.45) is 5.92 Å². The van der Waals surface area contributed by atoms with Crippen LogP contribution >= 0.6 is 0 Å². The average molecular weight is 316 g/mol. The zero-order valence-corrected chi connectivity index (χ0v) is 14.3. The van der Waals surface area contributed by atoms with Crippen LogP contribution in [0.5, 0.6) is 5.75 Å². The third-order valence-corrected chi connectivity index (χ3v) is 4.27. The van der Waals surface area contributed by atoms with Gasteiger partial charge < -0.3 is 9.47 Å². The van der Waals surface area contributed by atoms with Crippen LogP contribution in [0, 0.1) is 5.92 Å². The molecule has 23 heavy (non-hydrogen) atoms. The summed E-state index contributed by atoms with van der Waals surface area (Å²) >= 11 is 0. The lowest BCUT2D eigenvalue weighted by Crippen LogP contribution is -2.11. The number of carbonyl (C=O) groups is 1. The van der Waals surface area contributed by atoms with Gasteiger partial charge in [0.1, 0.15) is 5.75 Å². The summed E-state index contributed by atoms with van der Waals surface area (Å²) in [6.07, 6.45) is 8.77. The van der Waals surface area contributed by atoms with Crippen molar-refractivity contribution < 1.29 is 14.3 Å². The highest BCUT2D eigenvalue weighted by atomic mass is 16.5. The van der Waals surface area contributed by atoms with Gasteiger partial charge in [-0.05, 0) is 55.4 Å². The molecule has 0 aromatic heterocycles. The van der Waals surface area contributed by atoms with Crippen LogP contribution in [0.3, 0.4) is 0 Å². The Bertz CT molecular complexity index is 510. The van der Waals surface area contributed by atoms with Crippen LogP contribution in [0.1, 0.15) is 57.9 Å². The minimum Gasteiger partial charge on any atom is -0.494 e. The molecule has 2 rings (SSSR count). The maximum absolute atomic E-state index is 12.0. The molecule has 1 aliphatic rings. The lowest BCUT2D eigenvalue weighted by atomic mass is 9.81. The van der Waals surface area contributed by atoms with Crippen LogP contribution in [0.4, 0.5) is 0 Å². The molecule has 0 heterocycles. The third kappa shape index (κ3) is 5.42. The van der Waals surface area contributed by atoms with Crippen LogP contribution in [0.2, 0.25) is 0 Å². The molecule has 0 saturated heterocycles. The Morgan fingerprint density at radius 2 is 1.83 bits per heavy atom. The van der Waals surface area contributed by atoms with Gasteiger partial charge in [-0.25, -0.2) is 4.79 Å². The average Bonchev–Trinajstić information content (AvgIpc) is 2.59. The lowest BCUT2D eigenvalue weighted by molar-refractivity contribution is -0.137. The lowest BCUT2D eigenvalue weighted by Gasteiger charge is -2.25. The van der Waals surface area contributed by atoms with Crippen LogP contribution in [-0.2, 0) is 9.53 Å². The van der Waals surface area contributed by atoms with Crippen LogP contribution in [0.15, 0.2) is 30.3 Å². The molecule has 0 radical (unpaired) electrons. The van der Waals surface area contributed by atoms with Gasteiger partial charge in [0.15, 0.2) is 0 Å². The summed E-state index contributed by atoms with van der Waals surface area (Å²) in [7, 11) is 0. The number of hydrogen-bond acceptors (Lipinski definition) is 3. The van der Waals surface area contributed by atoms with E-state index in [1.54, 1.807) is 6.08 Å². The van der Waals surface area contributed by atoms with Crippen LogP contribution < -0.4 is 4.74 Å². The van der Waals surface area contributed by atoms with Gasteiger partial charge in [-0.15, -0.1) is 0 Å². The molecule has 3 nitrogen and oxygen atoms in total. The topological polar surface area (TPSA) is 35.5 Å². The Morgan fingerprint density at radius 1 is 1.13 bits per heavy atom. The Kier molecular flexibility index (Phi) is 7.18. The highest BCUT2D eigenvalue weighted by Gasteiger charge is 2.20. The largest absolute Gasteiger partial charge is 0.494 e. The molecule has 0 aliphatic heterocycles. The van der Waals surface area contributed by atoms with Crippen molar-refractivity contribution in [1.29, 1.82) is 0 Å². The van der Waals surface area contributed by atoms with Crippen LogP contribution in [-0.4, -0.2) is 19.2 Å². The molecular formula is C20H28O3. The van der Waals surface area contributed by atoms with E-state index in [4.69, 9.17) is 9.47 Å². The summed E-state index contributed by atoms with van der Waals surface area (Å²) in [5, 5.41) is 0. The fourth-order valence-corrected chi connectivity index (χ4v) is 3.12. The number of esters is 1. The number of ether oxygens (including phenoxy) is 2. The van der Waals surface area contributed by atoms with E-state index < -0.39 is 0 Å². The molecule has 0 bridgehead atoms. The van der Waals surface area contributed by atoms with E-state index in [0.29, 0.717) is 12.5 Å². The second kappa shape index (κ2) is 9.39. The first-order chi connectivity index (χ1) is 11.2. The summed E-state index contributed by atoms with van der Waals surface area (Å²) in [5.74, 6) is 1.10. The molecule has 1 aliphatic carbocycles. The number of rotatable bonds is 7. The summed E-state index contributed by atoms with van der Waals surface area (Å²) in [6, 6.07) is 8.11. The quantitative estimate of drug-likeness (QED) is 0.524. The SMILES string of the molecule is CCCOc1ccc(C(=CC(=O)OCC)C2CCCCC2)cc1. The standard InChI is InChI=1S/C20H28O3/c1-3-14-23-18-12-10-17(11-13-18)19(15-20(21)22-4-2)16-8-6-5-7-9-16/h10-13,15-16H,3-9,14H2,1-2H3. The van der Waals surface area contributed by atoms with E-state index in [1.807, 2.05) is 19.1 Å². The van der Waals surface area contributed by atoms with E-state index in [2.05, 4.69) is 19.1 Å². The molecule has 0 spiro atoms. The van der Waals surface area contributed by atoms with Crippen molar-refractivity contribution in [3.05, 3.63) is 35.9 Å². The van der Waals surface area contributed by atoms with Gasteiger partial charge in [-0.2, -0.15) is 0 Å². The molecule has 1 saturated carbocycles. The third-order valence-electron chi connectivity index (χ3n) is 4.27. The van der Waals surface area contributed by atoms with Gasteiger partial charge in [0, 0.05) is 6.08 Å². The zero-order chi connectivity index (χ0) is 16.5. The smallest absolute Gasteiger partial charge is 0.331 e. The van der Waals surface area contributed by atoms with Crippen molar-refractivity contribution in [1.82, 2.24) is 0 Å². The number of hydrogen-bond donors (Lipinski definition) is 0. The maximum Gasteiger partial charge on any atom is 0.331 e. The van der Waals surface area contributed by atoms with Crippen molar-refractivity contribution in [2.75, 3.05) is 13.2 Å². The molecule has 1 aromatic carbocycles. The van der Waals surface area contributed by atoms with E-state index >= 15 is 0 Å². The van der Waals surface area contributed by atoms with Crippen LogP contribution in [0.25, 0.3) is 5.57 Å². The van der Waals surface area contributed by atoms with Gasteiger partial charge in [0.05, 0.1) is 13.2 Å². The Hall–Kier alpha value is -1.77. The fraction of sp³-hybridized carbons (Fsp3) is 0.550. The summed E-state index contributed by atoms with van der Waals surface area (Å²) in [5.41, 5.74) is 2.22. The monoisotopic (exact) mass is 316 g/mol. The van der Waals surface area contributed by atoms with Crippen molar-refractivity contribution in [3.63, 3.8) is 0 Å². The Morgan fingerprint density at radius 3 is 2.43 bits per heavy atom. The molecule has 1 aromatic rings. The second-order valence-corrected chi connectivity index (χ2v) is 6.06. The van der Waals surface area contributed by atoms with Crippen molar-refractivity contribution in [2.45, 2.75) is 52.4 Å². The number of carbonyl (C=O) groups excluding carboxylic acids is 1. The van der Waals surface area contributed by atoms with E-state index in [9.17, 15) is 4.79 Å². The zero-order valence-electron chi connectivity index (χ0n) is 14.3. The Labute approximate surface area is 139 Å². The van der Waals surface area contributed by atoms with Gasteiger partial charge in [0.25, 0.3) is 0 Å². The minimum absolute atomic E-state index is 0.237. The van der Waals surface area contributed by atoms with E-state index in [-0.39, 0.29) is 5.97 Å². The van der Waals surface area contributed by atoms with Crippen molar-refractivity contribution in [3.8, 4) is 5.75 Å². The van der Waals surface area contributed by atoms with Gasteiger partial charge in [0.2, 0.25) is 0 Å². The summed E-state index contributed by atoms with van der Waals surface area (Å²) < 4.78 is 10.8. The summed E-state index contributed by atoms with van der Waals surface area (Å²) in [6.45, 7) is 5.08. The first-order valence-corrected chi connectivity index (χ1v) is 8.86. The molecule has 0 N–H and O–H groups in total. The van der Waals surface area contributed by atoms with E-state index in [0.717, 1.165) is 42.8 Å². The van der Waals surface area contributed by atoms with Gasteiger partial charge in [-0.3, -0.25) is 0 Å². The van der Waals surface area contributed by atoms with Gasteiger partial charge in [-0.1, -0.05) is 38.3 Å². The maximum atomic E-state index is 12.0. The van der Waals surface area contributed by atoms with Gasteiger partial charge >= 0.3 is 5.97 Å². The van der Waals surface area contributed by atoms with E-state index in [1.165, 1.54) is 19.3 Å². The number of allylic oxidation sites excluding steroid dienone is 1. The first kappa shape index (κ1) is 17.6. The first-order valence-electron chi connectivity index (χ1n) is 8.86. The second-order valence-electron chi connectivity index (χ2n) is 6.06. The molecule has 3 heteroatoms. The molecule has 0 atom stereocenters.